The predicted molar refractivity (Wildman–Crippen MR) is 95.9 cm³/mol. The van der Waals surface area contributed by atoms with Crippen LogP contribution in [0.1, 0.15) is 48.8 Å². The Hall–Kier alpha value is -2.63. The minimum absolute atomic E-state index is 0.107. The molecule has 6 heteroatoms. The van der Waals surface area contributed by atoms with Crippen LogP contribution in [-0.2, 0) is 11.8 Å². The first kappa shape index (κ1) is 15.9. The van der Waals surface area contributed by atoms with Gasteiger partial charge in [0.1, 0.15) is 11.2 Å². The molecule has 2 heterocycles. The van der Waals surface area contributed by atoms with Gasteiger partial charge in [-0.2, -0.15) is 5.10 Å². The summed E-state index contributed by atoms with van der Waals surface area (Å²) in [4.78, 5) is 29.5. The third kappa shape index (κ3) is 2.27. The van der Waals surface area contributed by atoms with Gasteiger partial charge in [-0.05, 0) is 44.9 Å². The highest BCUT2D eigenvalue weighted by atomic mass is 16.2. The Morgan fingerprint density at radius 2 is 1.80 bits per heavy atom. The number of hydrogen-bond donors (Lipinski definition) is 0. The smallest absolute Gasteiger partial charge is 0.277 e. The number of nitrogens with zero attached hydrogens (tertiary/aromatic N) is 4. The number of aryl methyl sites for hydroxylation is 1. The van der Waals surface area contributed by atoms with Crippen molar-refractivity contribution < 1.29 is 9.59 Å². The number of anilines is 2. The van der Waals surface area contributed by atoms with Gasteiger partial charge in [0.05, 0.1) is 17.1 Å². The van der Waals surface area contributed by atoms with Crippen LogP contribution in [0.15, 0.2) is 30.3 Å². The van der Waals surface area contributed by atoms with Gasteiger partial charge in [0.25, 0.3) is 11.8 Å². The molecule has 2 aromatic rings. The van der Waals surface area contributed by atoms with Crippen molar-refractivity contribution in [3.63, 3.8) is 0 Å². The number of amides is 2. The lowest BCUT2D eigenvalue weighted by Gasteiger charge is -2.45. The number of benzene rings is 1. The Kier molecular flexibility index (Phi) is 3.29. The molecule has 1 fully saturated rings. The second kappa shape index (κ2) is 5.18. The van der Waals surface area contributed by atoms with Crippen molar-refractivity contribution in [2.75, 3.05) is 16.8 Å². The maximum atomic E-state index is 13.4. The lowest BCUT2D eigenvalue weighted by Crippen LogP contribution is -2.61. The van der Waals surface area contributed by atoms with E-state index in [0.29, 0.717) is 11.6 Å². The Morgan fingerprint density at radius 1 is 1.16 bits per heavy atom. The van der Waals surface area contributed by atoms with E-state index in [1.165, 1.54) is 0 Å². The standard InChI is InChI=1S/C19H22N4O2/c1-19(2)18(25)21(3)14-7-5-6-8-15(14)23(19)17(24)16-11-13(12-9-10-12)20-22(16)4/h5-8,11-12H,9-10H2,1-4H3. The molecule has 0 spiro atoms. The zero-order valence-electron chi connectivity index (χ0n) is 15.0. The largest absolute Gasteiger partial charge is 0.311 e. The molecular weight excluding hydrogens is 316 g/mol. The molecule has 1 saturated carbocycles. The average molecular weight is 338 g/mol. The first-order valence-electron chi connectivity index (χ1n) is 8.58. The Bertz CT molecular complexity index is 879. The summed E-state index contributed by atoms with van der Waals surface area (Å²) < 4.78 is 1.64. The summed E-state index contributed by atoms with van der Waals surface area (Å²) in [6.45, 7) is 3.58. The number of aromatic nitrogens is 2. The van der Waals surface area contributed by atoms with Gasteiger partial charge in [0.15, 0.2) is 0 Å². The lowest BCUT2D eigenvalue weighted by atomic mass is 9.94. The van der Waals surface area contributed by atoms with Crippen LogP contribution in [-0.4, -0.2) is 34.2 Å². The SMILES string of the molecule is CN1C(=O)C(C)(C)N(C(=O)c2cc(C3CC3)nn2C)c2ccccc21. The first-order chi connectivity index (χ1) is 11.8. The molecule has 25 heavy (non-hydrogen) atoms. The highest BCUT2D eigenvalue weighted by Gasteiger charge is 2.47. The zero-order valence-corrected chi connectivity index (χ0v) is 15.0. The summed E-state index contributed by atoms with van der Waals surface area (Å²) in [5, 5.41) is 4.50. The first-order valence-corrected chi connectivity index (χ1v) is 8.58. The summed E-state index contributed by atoms with van der Waals surface area (Å²) >= 11 is 0. The Labute approximate surface area is 147 Å². The van der Waals surface area contributed by atoms with Crippen molar-refractivity contribution in [3.8, 4) is 0 Å². The average Bonchev–Trinajstić information content (AvgIpc) is 3.35. The molecule has 1 aromatic heterocycles. The molecule has 130 valence electrons. The van der Waals surface area contributed by atoms with Crippen molar-refractivity contribution in [3.05, 3.63) is 41.7 Å². The van der Waals surface area contributed by atoms with Gasteiger partial charge < -0.3 is 4.90 Å². The van der Waals surface area contributed by atoms with E-state index in [-0.39, 0.29) is 11.8 Å². The number of hydrogen-bond acceptors (Lipinski definition) is 3. The van der Waals surface area contributed by atoms with Crippen molar-refractivity contribution in [1.29, 1.82) is 0 Å². The lowest BCUT2D eigenvalue weighted by molar-refractivity contribution is -0.122. The van der Waals surface area contributed by atoms with Crippen LogP contribution in [0.2, 0.25) is 0 Å². The van der Waals surface area contributed by atoms with Crippen molar-refractivity contribution in [2.45, 2.75) is 38.1 Å². The molecule has 2 amide bonds. The third-order valence-corrected chi connectivity index (χ3v) is 5.19. The van der Waals surface area contributed by atoms with Gasteiger partial charge in [0, 0.05) is 20.0 Å². The molecule has 0 atom stereocenters. The summed E-state index contributed by atoms with van der Waals surface area (Å²) in [6, 6.07) is 9.38. The summed E-state index contributed by atoms with van der Waals surface area (Å²) in [7, 11) is 3.54. The molecule has 6 nitrogen and oxygen atoms in total. The van der Waals surface area contributed by atoms with Crippen LogP contribution < -0.4 is 9.80 Å². The van der Waals surface area contributed by atoms with Gasteiger partial charge in [-0.1, -0.05) is 12.1 Å². The number of likely N-dealkylation sites (N-methyl/N-ethyl adjacent to an activating group) is 1. The molecule has 0 unspecified atom stereocenters. The van der Waals surface area contributed by atoms with Gasteiger partial charge in [0.2, 0.25) is 0 Å². The number of fused-ring (bicyclic) bond motifs is 1. The predicted octanol–water partition coefficient (Wildman–Crippen LogP) is 2.70. The zero-order chi connectivity index (χ0) is 17.9. The number of carbonyl (C=O) groups is 2. The third-order valence-electron chi connectivity index (χ3n) is 5.19. The fraction of sp³-hybridized carbons (Fsp3) is 0.421. The minimum atomic E-state index is -0.968. The molecule has 0 radical (unpaired) electrons. The quantitative estimate of drug-likeness (QED) is 0.846. The van der Waals surface area contributed by atoms with E-state index in [4.69, 9.17) is 0 Å². The van der Waals surface area contributed by atoms with Crippen LogP contribution in [0, 0.1) is 0 Å². The highest BCUT2D eigenvalue weighted by Crippen LogP contribution is 2.42. The van der Waals surface area contributed by atoms with E-state index >= 15 is 0 Å². The maximum absolute atomic E-state index is 13.4. The van der Waals surface area contributed by atoms with Gasteiger partial charge in [-0.3, -0.25) is 19.2 Å². The van der Waals surface area contributed by atoms with Gasteiger partial charge in [-0.15, -0.1) is 0 Å². The summed E-state index contributed by atoms with van der Waals surface area (Å²) in [5.74, 6) is 0.173. The van der Waals surface area contributed by atoms with Crippen LogP contribution in [0.3, 0.4) is 0 Å². The van der Waals surface area contributed by atoms with E-state index in [1.54, 1.807) is 42.4 Å². The van der Waals surface area contributed by atoms with Crippen molar-refractivity contribution >= 4 is 23.2 Å². The van der Waals surface area contributed by atoms with Crippen LogP contribution in [0.4, 0.5) is 11.4 Å². The van der Waals surface area contributed by atoms with Crippen LogP contribution >= 0.6 is 0 Å². The molecule has 0 bridgehead atoms. The topological polar surface area (TPSA) is 58.4 Å². The molecule has 1 aromatic carbocycles. The molecule has 1 aliphatic carbocycles. The fourth-order valence-corrected chi connectivity index (χ4v) is 3.60. The van der Waals surface area contributed by atoms with Gasteiger partial charge in [-0.25, -0.2) is 0 Å². The van der Waals surface area contributed by atoms with Crippen molar-refractivity contribution in [1.82, 2.24) is 9.78 Å². The van der Waals surface area contributed by atoms with Gasteiger partial charge >= 0.3 is 0 Å². The molecule has 4 rings (SSSR count). The van der Waals surface area contributed by atoms with E-state index in [1.807, 2.05) is 30.3 Å². The van der Waals surface area contributed by atoms with E-state index in [9.17, 15) is 9.59 Å². The van der Waals surface area contributed by atoms with Crippen molar-refractivity contribution in [2.24, 2.45) is 7.05 Å². The molecular formula is C19H22N4O2. The van der Waals surface area contributed by atoms with Crippen LogP contribution in [0.25, 0.3) is 0 Å². The van der Waals surface area contributed by atoms with E-state index < -0.39 is 5.54 Å². The highest BCUT2D eigenvalue weighted by molar-refractivity contribution is 6.18. The minimum Gasteiger partial charge on any atom is -0.311 e. The monoisotopic (exact) mass is 338 g/mol. The number of rotatable bonds is 2. The van der Waals surface area contributed by atoms with E-state index in [0.717, 1.165) is 29.9 Å². The van der Waals surface area contributed by atoms with E-state index in [2.05, 4.69) is 5.10 Å². The fourth-order valence-electron chi connectivity index (χ4n) is 3.60. The molecule has 0 saturated heterocycles. The molecule has 2 aliphatic rings. The second-order valence-corrected chi connectivity index (χ2v) is 7.40. The number of para-hydroxylation sites is 2. The normalized spacial score (nSPS) is 19.1. The Morgan fingerprint density at radius 3 is 2.44 bits per heavy atom. The number of carbonyl (C=O) groups excluding carboxylic acids is 2. The Balaban J connectivity index is 1.83. The molecule has 1 aliphatic heterocycles. The van der Waals surface area contributed by atoms with Crippen LogP contribution in [0.5, 0.6) is 0 Å². The maximum Gasteiger partial charge on any atom is 0.277 e. The second-order valence-electron chi connectivity index (χ2n) is 7.40. The molecule has 0 N–H and O–H groups in total. The summed E-state index contributed by atoms with van der Waals surface area (Å²) in [6.07, 6.45) is 2.26. The summed E-state index contributed by atoms with van der Waals surface area (Å²) in [5.41, 5.74) is 2.00.